The van der Waals surface area contributed by atoms with Crippen LogP contribution in [-0.2, 0) is 0 Å². The molecule has 1 aromatic carbocycles. The lowest BCUT2D eigenvalue weighted by atomic mass is 10.1. The number of H-pyrrole nitrogens is 1. The smallest absolute Gasteiger partial charge is 0.271 e. The average molecular weight is 309 g/mol. The van der Waals surface area contributed by atoms with Crippen molar-refractivity contribution in [1.29, 1.82) is 0 Å². The van der Waals surface area contributed by atoms with Gasteiger partial charge in [0.15, 0.2) is 0 Å². The van der Waals surface area contributed by atoms with Crippen LogP contribution in [0.1, 0.15) is 22.5 Å². The average Bonchev–Trinajstić information content (AvgIpc) is 2.92. The summed E-state index contributed by atoms with van der Waals surface area (Å²) in [6.45, 7) is 3.11. The Balaban J connectivity index is 1.92. The number of aromatic nitrogens is 3. The first-order valence-electron chi connectivity index (χ1n) is 7.58. The molecule has 0 aliphatic carbocycles. The van der Waals surface area contributed by atoms with E-state index in [0.29, 0.717) is 24.5 Å². The van der Waals surface area contributed by atoms with Gasteiger partial charge in [-0.1, -0.05) is 18.2 Å². The highest BCUT2D eigenvalue weighted by Gasteiger charge is 2.13. The molecule has 2 aromatic heterocycles. The number of amides is 1. The SMILES string of the molecule is Cc1c(-c2cncc(C(=O)NCCCN)n2)[nH]c2ccccc12. The summed E-state index contributed by atoms with van der Waals surface area (Å²) in [7, 11) is 0. The fourth-order valence-electron chi connectivity index (χ4n) is 2.53. The van der Waals surface area contributed by atoms with E-state index in [9.17, 15) is 4.79 Å². The number of nitrogens with two attached hydrogens (primary N) is 1. The van der Waals surface area contributed by atoms with Crippen LogP contribution in [0.4, 0.5) is 0 Å². The highest BCUT2D eigenvalue weighted by molar-refractivity contribution is 5.93. The third-order valence-electron chi connectivity index (χ3n) is 3.76. The van der Waals surface area contributed by atoms with Gasteiger partial charge in [0.1, 0.15) is 11.4 Å². The zero-order valence-corrected chi connectivity index (χ0v) is 13.0. The molecule has 0 atom stereocenters. The normalized spacial score (nSPS) is 10.9. The monoisotopic (exact) mass is 309 g/mol. The molecule has 0 spiro atoms. The van der Waals surface area contributed by atoms with Gasteiger partial charge in [0, 0.05) is 17.4 Å². The number of rotatable bonds is 5. The predicted octanol–water partition coefficient (Wildman–Crippen LogP) is 2.01. The van der Waals surface area contributed by atoms with Gasteiger partial charge in [-0.05, 0) is 31.5 Å². The molecule has 6 heteroatoms. The van der Waals surface area contributed by atoms with Gasteiger partial charge in [-0.3, -0.25) is 9.78 Å². The molecular formula is C17H19N5O. The van der Waals surface area contributed by atoms with E-state index in [-0.39, 0.29) is 5.91 Å². The number of fused-ring (bicyclic) bond motifs is 1. The fraction of sp³-hybridized carbons (Fsp3) is 0.235. The number of aryl methyl sites for hydroxylation is 1. The third kappa shape index (κ3) is 3.07. The second-order valence-electron chi connectivity index (χ2n) is 5.36. The van der Waals surface area contributed by atoms with Gasteiger partial charge in [0.25, 0.3) is 5.91 Å². The summed E-state index contributed by atoms with van der Waals surface area (Å²) < 4.78 is 0. The molecule has 0 fully saturated rings. The first-order chi connectivity index (χ1) is 11.2. The number of aromatic amines is 1. The molecule has 2 heterocycles. The van der Waals surface area contributed by atoms with Crippen molar-refractivity contribution in [2.75, 3.05) is 13.1 Å². The van der Waals surface area contributed by atoms with Crippen molar-refractivity contribution in [3.8, 4) is 11.4 Å². The summed E-state index contributed by atoms with van der Waals surface area (Å²) in [5.41, 5.74) is 9.40. The van der Waals surface area contributed by atoms with E-state index in [1.165, 1.54) is 6.20 Å². The molecule has 3 aromatic rings. The molecule has 6 nitrogen and oxygen atoms in total. The summed E-state index contributed by atoms with van der Waals surface area (Å²) in [5.74, 6) is -0.235. The lowest BCUT2D eigenvalue weighted by molar-refractivity contribution is 0.0948. The van der Waals surface area contributed by atoms with E-state index in [1.807, 2.05) is 25.1 Å². The third-order valence-corrected chi connectivity index (χ3v) is 3.76. The van der Waals surface area contributed by atoms with Crippen LogP contribution in [0.3, 0.4) is 0 Å². The van der Waals surface area contributed by atoms with Crippen LogP contribution >= 0.6 is 0 Å². The summed E-state index contributed by atoms with van der Waals surface area (Å²) in [6, 6.07) is 8.05. The molecule has 0 unspecified atom stereocenters. The van der Waals surface area contributed by atoms with Crippen molar-refractivity contribution in [3.05, 3.63) is 47.9 Å². The summed E-state index contributed by atoms with van der Waals surface area (Å²) in [5, 5.41) is 3.93. The van der Waals surface area contributed by atoms with Crippen LogP contribution in [0.25, 0.3) is 22.3 Å². The van der Waals surface area contributed by atoms with E-state index in [4.69, 9.17) is 5.73 Å². The van der Waals surface area contributed by atoms with Crippen LogP contribution in [-0.4, -0.2) is 33.9 Å². The Morgan fingerprint density at radius 3 is 2.91 bits per heavy atom. The standard InChI is InChI=1S/C17H19N5O/c1-11-12-5-2-3-6-13(12)22-16(11)14-9-19-10-15(21-14)17(23)20-8-4-7-18/h2-3,5-6,9-10,22H,4,7-8,18H2,1H3,(H,20,23). The second kappa shape index (κ2) is 6.58. The van der Waals surface area contributed by atoms with E-state index in [1.54, 1.807) is 6.20 Å². The Labute approximate surface area is 134 Å². The largest absolute Gasteiger partial charge is 0.353 e. The Morgan fingerprint density at radius 2 is 2.13 bits per heavy atom. The molecule has 0 bridgehead atoms. The van der Waals surface area contributed by atoms with Gasteiger partial charge in [-0.25, -0.2) is 4.98 Å². The Kier molecular flexibility index (Phi) is 4.34. The molecule has 23 heavy (non-hydrogen) atoms. The molecule has 0 radical (unpaired) electrons. The minimum Gasteiger partial charge on any atom is -0.353 e. The van der Waals surface area contributed by atoms with Crippen molar-refractivity contribution in [2.24, 2.45) is 5.73 Å². The zero-order chi connectivity index (χ0) is 16.2. The van der Waals surface area contributed by atoms with Crippen LogP contribution in [0.5, 0.6) is 0 Å². The van der Waals surface area contributed by atoms with E-state index >= 15 is 0 Å². The van der Waals surface area contributed by atoms with Gasteiger partial charge < -0.3 is 16.0 Å². The van der Waals surface area contributed by atoms with Gasteiger partial charge in [0.2, 0.25) is 0 Å². The number of carbonyl (C=O) groups excluding carboxylic acids is 1. The van der Waals surface area contributed by atoms with Crippen molar-refractivity contribution < 1.29 is 4.79 Å². The Bertz CT molecular complexity index is 840. The number of hydrogen-bond acceptors (Lipinski definition) is 4. The minimum absolute atomic E-state index is 0.235. The predicted molar refractivity (Wildman–Crippen MR) is 90.1 cm³/mol. The molecular weight excluding hydrogens is 290 g/mol. The van der Waals surface area contributed by atoms with Gasteiger partial charge in [0.05, 0.1) is 18.1 Å². The van der Waals surface area contributed by atoms with Crippen molar-refractivity contribution in [2.45, 2.75) is 13.3 Å². The summed E-state index contributed by atoms with van der Waals surface area (Å²) in [6.07, 6.45) is 3.87. The molecule has 4 N–H and O–H groups in total. The maximum absolute atomic E-state index is 12.1. The minimum atomic E-state index is -0.235. The number of carbonyl (C=O) groups is 1. The van der Waals surface area contributed by atoms with Gasteiger partial charge >= 0.3 is 0 Å². The van der Waals surface area contributed by atoms with Crippen LogP contribution in [0.15, 0.2) is 36.7 Å². The second-order valence-corrected chi connectivity index (χ2v) is 5.36. The molecule has 1 amide bonds. The lowest BCUT2D eigenvalue weighted by Gasteiger charge is -2.05. The van der Waals surface area contributed by atoms with Crippen molar-refractivity contribution >= 4 is 16.8 Å². The van der Waals surface area contributed by atoms with Crippen LogP contribution in [0, 0.1) is 6.92 Å². The summed E-state index contributed by atoms with van der Waals surface area (Å²) in [4.78, 5) is 24.0. The Hall–Kier alpha value is -2.73. The molecule has 0 saturated heterocycles. The topological polar surface area (TPSA) is 96.7 Å². The zero-order valence-electron chi connectivity index (χ0n) is 13.0. The first kappa shape index (κ1) is 15.2. The quantitative estimate of drug-likeness (QED) is 0.628. The highest BCUT2D eigenvalue weighted by Crippen LogP contribution is 2.27. The van der Waals surface area contributed by atoms with Crippen molar-refractivity contribution in [1.82, 2.24) is 20.3 Å². The van der Waals surface area contributed by atoms with E-state index in [0.717, 1.165) is 28.6 Å². The molecule has 0 aliphatic heterocycles. The molecule has 3 rings (SSSR count). The Morgan fingerprint density at radius 1 is 1.30 bits per heavy atom. The van der Waals surface area contributed by atoms with Gasteiger partial charge in [-0.15, -0.1) is 0 Å². The number of nitrogens with zero attached hydrogens (tertiary/aromatic N) is 2. The highest BCUT2D eigenvalue weighted by atomic mass is 16.1. The number of para-hydroxylation sites is 1. The van der Waals surface area contributed by atoms with Crippen LogP contribution < -0.4 is 11.1 Å². The van der Waals surface area contributed by atoms with Crippen molar-refractivity contribution in [3.63, 3.8) is 0 Å². The molecule has 118 valence electrons. The number of benzene rings is 1. The number of nitrogens with one attached hydrogen (secondary N) is 2. The lowest BCUT2D eigenvalue weighted by Crippen LogP contribution is -2.27. The molecule has 0 saturated carbocycles. The van der Waals surface area contributed by atoms with E-state index < -0.39 is 0 Å². The van der Waals surface area contributed by atoms with Crippen LogP contribution in [0.2, 0.25) is 0 Å². The van der Waals surface area contributed by atoms with E-state index in [2.05, 4.69) is 26.3 Å². The fourth-order valence-corrected chi connectivity index (χ4v) is 2.53. The number of hydrogen-bond donors (Lipinski definition) is 3. The first-order valence-corrected chi connectivity index (χ1v) is 7.58. The summed E-state index contributed by atoms with van der Waals surface area (Å²) >= 11 is 0. The maximum atomic E-state index is 12.1. The molecule has 0 aliphatic rings. The maximum Gasteiger partial charge on any atom is 0.271 e. The van der Waals surface area contributed by atoms with Gasteiger partial charge in [-0.2, -0.15) is 0 Å².